The van der Waals surface area contributed by atoms with Gasteiger partial charge in [0.05, 0.1) is 15.1 Å². The Bertz CT molecular complexity index is 4090. The zero-order valence-electron chi connectivity index (χ0n) is 43.6. The topological polar surface area (TPSA) is 407 Å². The van der Waals surface area contributed by atoms with Gasteiger partial charge in [0, 0.05) is 35.2 Å². The number of fused-ring (bicyclic) bond motifs is 14. The number of aliphatic carboxylic acids is 1. The lowest BCUT2D eigenvalue weighted by molar-refractivity contribution is -0.143. The summed E-state index contributed by atoms with van der Waals surface area (Å²) in [6, 6.07) is 6.46. The van der Waals surface area contributed by atoms with E-state index in [-0.39, 0.29) is 61.7 Å². The van der Waals surface area contributed by atoms with E-state index in [1.807, 2.05) is 0 Å². The number of phenolic OH excluding ortho intramolecular Hbond substituents is 6. The molecule has 6 heterocycles. The van der Waals surface area contributed by atoms with E-state index in [1.54, 1.807) is 0 Å². The first-order valence-electron chi connectivity index (χ1n) is 25.6. The molecule has 0 saturated carbocycles. The van der Waals surface area contributed by atoms with Crippen LogP contribution in [0.4, 0.5) is 0 Å². The van der Waals surface area contributed by atoms with E-state index in [0.29, 0.717) is 5.56 Å². The fourth-order valence-electron chi connectivity index (χ4n) is 10.3. The van der Waals surface area contributed by atoms with Gasteiger partial charge in [-0.25, -0.2) is 4.79 Å². The third-order valence-electron chi connectivity index (χ3n) is 14.5. The number of hydrogen-bond donors (Lipinski definition) is 15. The molecule has 8 atom stereocenters. The number of nitrogens with two attached hydrogens (primary N) is 1. The molecule has 17 bridgehead atoms. The number of carbonyl (C=O) groups excluding carboxylic acids is 6. The summed E-state index contributed by atoms with van der Waals surface area (Å²) in [6.07, 6.45) is -2.51. The van der Waals surface area contributed by atoms with Crippen molar-refractivity contribution in [3.8, 4) is 80.1 Å². The molecule has 16 N–H and O–H groups in total. The number of carboxylic acid groups (broad SMARTS) is 1. The van der Waals surface area contributed by atoms with Gasteiger partial charge in [0.1, 0.15) is 82.6 Å². The van der Waals surface area contributed by atoms with Crippen molar-refractivity contribution in [3.63, 3.8) is 0 Å². The first-order chi connectivity index (χ1) is 40.9. The SMILES string of the molecule is N[C@H]1C(=O)N[C@H]2Cc3ccc(c(Cl)c3)Oc3cc4cc(c3O)Oc3ccc(cc3Cl)[C@@H](O)[C@@H]3NC(=O)[C@H](NC(=O)[C@@H]4NC(=O)[C@@H](NC2=O)c2cc(O)cc(c2)Oc2cc1ccc2O)c1cc(Cl)c(O)c(c1)-c1c(O)cc(O)cc1[C@@H](C(=O)O)NC3=O. The van der Waals surface area contributed by atoms with Crippen molar-refractivity contribution in [3.05, 3.63) is 163 Å². The predicted octanol–water partition coefficient (Wildman–Crippen LogP) is 5.64. The molecular weight excluding hydrogens is 1190 g/mol. The number of carboxylic acids is 1. The summed E-state index contributed by atoms with van der Waals surface area (Å²) in [4.78, 5) is 103. The number of amides is 6. The Hall–Kier alpha value is -10.2. The molecule has 0 fully saturated rings. The van der Waals surface area contributed by atoms with E-state index in [1.165, 1.54) is 54.6 Å². The molecule has 7 aromatic rings. The molecule has 0 saturated heterocycles. The fraction of sp³-hybridized carbons (Fsp3) is 0.155. The van der Waals surface area contributed by atoms with Crippen molar-refractivity contribution >= 4 is 76.2 Å². The fourth-order valence-corrected chi connectivity index (χ4v) is 11.0. The summed E-state index contributed by atoms with van der Waals surface area (Å²) in [6.45, 7) is 0. The maximum absolute atomic E-state index is 15.7. The van der Waals surface area contributed by atoms with Crippen LogP contribution in [0, 0.1) is 0 Å². The van der Waals surface area contributed by atoms with E-state index in [9.17, 15) is 60.0 Å². The average Bonchev–Trinajstić information content (AvgIpc) is 3.02. The van der Waals surface area contributed by atoms with Gasteiger partial charge < -0.3 is 92.7 Å². The second kappa shape index (κ2) is 22.4. The Morgan fingerprint density at radius 2 is 1.06 bits per heavy atom. The van der Waals surface area contributed by atoms with Crippen molar-refractivity contribution in [2.45, 2.75) is 54.8 Å². The summed E-state index contributed by atoms with van der Waals surface area (Å²) < 4.78 is 18.4. The van der Waals surface area contributed by atoms with Gasteiger partial charge in [-0.2, -0.15) is 0 Å². The summed E-state index contributed by atoms with van der Waals surface area (Å²) in [5.41, 5.74) is 3.97. The van der Waals surface area contributed by atoms with Gasteiger partial charge in [0.2, 0.25) is 41.2 Å². The van der Waals surface area contributed by atoms with Gasteiger partial charge in [-0.1, -0.05) is 53.0 Å². The van der Waals surface area contributed by atoms with E-state index >= 15 is 14.4 Å². The molecule has 7 aromatic carbocycles. The second-order valence-corrected chi connectivity index (χ2v) is 21.4. The Morgan fingerprint density at radius 3 is 1.71 bits per heavy atom. The van der Waals surface area contributed by atoms with Gasteiger partial charge in [0.25, 0.3) is 0 Å². The van der Waals surface area contributed by atoms with Crippen LogP contribution in [0.3, 0.4) is 0 Å². The van der Waals surface area contributed by atoms with Gasteiger partial charge in [-0.15, -0.1) is 0 Å². The lowest BCUT2D eigenvalue weighted by Crippen LogP contribution is -2.55. The molecule has 6 amide bonds. The number of phenols is 6. The number of carbonyl (C=O) groups is 7. The first kappa shape index (κ1) is 57.6. The van der Waals surface area contributed by atoms with Crippen molar-refractivity contribution in [2.24, 2.45) is 5.73 Å². The molecule has 6 aliphatic rings. The Balaban J connectivity index is 1.15. The lowest BCUT2D eigenvalue weighted by Gasteiger charge is -2.31. The quantitative estimate of drug-likeness (QED) is 0.0945. The summed E-state index contributed by atoms with van der Waals surface area (Å²) in [5, 5.41) is 104. The molecule has 6 aliphatic heterocycles. The molecule has 86 heavy (non-hydrogen) atoms. The number of rotatable bonds is 1. The highest BCUT2D eigenvalue weighted by Crippen LogP contribution is 2.49. The Kier molecular flexibility index (Phi) is 15.0. The second-order valence-electron chi connectivity index (χ2n) is 20.2. The molecule has 13 rings (SSSR count). The predicted molar refractivity (Wildman–Crippen MR) is 300 cm³/mol. The van der Waals surface area contributed by atoms with E-state index in [0.717, 1.165) is 54.6 Å². The van der Waals surface area contributed by atoms with E-state index in [4.69, 9.17) is 54.7 Å². The van der Waals surface area contributed by atoms with Crippen LogP contribution in [0.1, 0.15) is 75.3 Å². The highest BCUT2D eigenvalue weighted by molar-refractivity contribution is 6.33. The van der Waals surface area contributed by atoms with Crippen LogP contribution in [0.5, 0.6) is 69.0 Å². The molecule has 25 nitrogen and oxygen atoms in total. The summed E-state index contributed by atoms with van der Waals surface area (Å²) in [7, 11) is 0. The van der Waals surface area contributed by atoms with Crippen molar-refractivity contribution in [2.75, 3.05) is 0 Å². The Morgan fingerprint density at radius 1 is 0.488 bits per heavy atom. The first-order valence-corrected chi connectivity index (χ1v) is 26.8. The number of halogens is 3. The molecular formula is C58H44Cl3N7O18. The van der Waals surface area contributed by atoms with Crippen LogP contribution in [-0.2, 0) is 40.0 Å². The number of hydrogen-bond acceptors (Lipinski definition) is 18. The van der Waals surface area contributed by atoms with Crippen LogP contribution in [0.15, 0.2) is 109 Å². The number of aliphatic hydroxyl groups excluding tert-OH is 1. The third kappa shape index (κ3) is 11.0. The highest BCUT2D eigenvalue weighted by Gasteiger charge is 2.41. The largest absolute Gasteiger partial charge is 0.508 e. The van der Waals surface area contributed by atoms with Crippen molar-refractivity contribution in [1.29, 1.82) is 0 Å². The molecule has 0 unspecified atom stereocenters. The van der Waals surface area contributed by atoms with Crippen molar-refractivity contribution in [1.82, 2.24) is 31.9 Å². The number of aromatic hydroxyl groups is 6. The van der Waals surface area contributed by atoms with Gasteiger partial charge in [-0.05, 0) is 112 Å². The van der Waals surface area contributed by atoms with Crippen LogP contribution >= 0.6 is 34.8 Å². The minimum Gasteiger partial charge on any atom is -0.508 e. The molecule has 0 aliphatic carbocycles. The normalized spacial score (nSPS) is 21.9. The van der Waals surface area contributed by atoms with Gasteiger partial charge in [-0.3, -0.25) is 28.8 Å². The summed E-state index contributed by atoms with van der Waals surface area (Å²) >= 11 is 20.3. The monoisotopic (exact) mass is 1230 g/mol. The summed E-state index contributed by atoms with van der Waals surface area (Å²) in [5.74, 6) is -15.5. The minimum absolute atomic E-state index is 0.113. The van der Waals surface area contributed by atoms with Gasteiger partial charge >= 0.3 is 5.97 Å². The number of aliphatic hydroxyl groups is 1. The van der Waals surface area contributed by atoms with Crippen LogP contribution < -0.4 is 51.8 Å². The molecule has 0 aromatic heterocycles. The smallest absolute Gasteiger partial charge is 0.330 e. The maximum atomic E-state index is 15.7. The molecule has 440 valence electrons. The van der Waals surface area contributed by atoms with E-state index < -0.39 is 163 Å². The van der Waals surface area contributed by atoms with E-state index in [2.05, 4.69) is 31.9 Å². The van der Waals surface area contributed by atoms with Crippen LogP contribution in [0.2, 0.25) is 15.1 Å². The minimum atomic E-state index is -2.23. The average molecular weight is 1230 g/mol. The molecule has 0 radical (unpaired) electrons. The molecule has 0 spiro atoms. The van der Waals surface area contributed by atoms with Crippen molar-refractivity contribution < 1.29 is 88.6 Å². The zero-order chi connectivity index (χ0) is 61.3. The zero-order valence-corrected chi connectivity index (χ0v) is 45.9. The van der Waals surface area contributed by atoms with Crippen LogP contribution in [-0.4, -0.2) is 94.3 Å². The third-order valence-corrected chi connectivity index (χ3v) is 15.4. The maximum Gasteiger partial charge on any atom is 0.330 e. The number of ether oxygens (including phenoxy) is 3. The lowest BCUT2D eigenvalue weighted by atomic mass is 9.89. The molecule has 28 heteroatoms. The van der Waals surface area contributed by atoms with Crippen LogP contribution in [0.25, 0.3) is 11.1 Å². The Labute approximate surface area is 498 Å². The van der Waals surface area contributed by atoms with Gasteiger partial charge in [0.15, 0.2) is 29.0 Å². The number of nitrogens with one attached hydrogen (secondary N) is 6. The number of benzene rings is 7. The standard InChI is InChI=1S/C58H44Cl3N7O18/c59-31-7-20-1-5-37(31)85-40-15-25-16-41(51(40)75)86-38-6-3-22(12-32(38)60)49(73)48-57(81)67-47(58(82)83)29-18-27(70)19-36(72)42(29)30-11-24(13-33(61)50(30)74)45(56(80)68-48)65-55(79)46(25)66-54(78)44-23-9-26(69)17-28(10-23)84-39-14-21(2-4-35(39)71)43(62)53(77)63-34(8-20)52(76)64-44/h1-7,9-19,34,43-49,69-75H,8,62H2,(H,63,77)(H,64,76)(H,65,79)(H,66,78)(H,67,81)(H,68,80)(H,82,83)/t34-,43+,44-,45+,46+,47-,48-,49+/m0/s1. The highest BCUT2D eigenvalue weighted by atomic mass is 35.5.